The van der Waals surface area contributed by atoms with E-state index in [-0.39, 0.29) is 11.0 Å². The van der Waals surface area contributed by atoms with E-state index in [1.165, 1.54) is 5.01 Å². The summed E-state index contributed by atoms with van der Waals surface area (Å²) in [7, 11) is 0. The topological polar surface area (TPSA) is 73.9 Å². The highest BCUT2D eigenvalue weighted by atomic mass is 16.6. The molecule has 0 rings (SSSR count). The normalized spacial score (nSPS) is 12.5. The van der Waals surface area contributed by atoms with Gasteiger partial charge in [-0.3, -0.25) is 0 Å². The number of hydrogen-bond acceptors (Lipinski definition) is 3. The molecule has 2 N–H and O–H groups in total. The van der Waals surface area contributed by atoms with E-state index in [0.717, 1.165) is 13.0 Å². The van der Waals surface area contributed by atoms with Gasteiger partial charge in [0.1, 0.15) is 0 Å². The maximum atomic E-state index is 11.1. The Kier molecular flexibility index (Phi) is 6.77. The van der Waals surface area contributed by atoms with Crippen LogP contribution in [0, 0.1) is 5.21 Å². The summed E-state index contributed by atoms with van der Waals surface area (Å²) in [5.41, 5.74) is 0. The number of nitrogens with zero attached hydrogens (tertiary/aromatic N) is 3. The maximum Gasteiger partial charge on any atom is 0.230 e. The zero-order valence-electron chi connectivity index (χ0n) is 9.97. The SMILES string of the molecule is CC(C)NCCCN(C(C)C)/[N+]([O-])=N/O. The van der Waals surface area contributed by atoms with Gasteiger partial charge in [0.15, 0.2) is 0 Å². The third-order valence-corrected chi connectivity index (χ3v) is 2.01. The molecule has 0 aliphatic carbocycles. The molecule has 0 saturated carbocycles. The lowest BCUT2D eigenvalue weighted by molar-refractivity contribution is -0.716. The molecule has 6 heteroatoms. The van der Waals surface area contributed by atoms with E-state index in [0.29, 0.717) is 12.6 Å². The monoisotopic (exact) mass is 218 g/mol. The smallest absolute Gasteiger partial charge is 0.230 e. The fourth-order valence-corrected chi connectivity index (χ4v) is 1.22. The van der Waals surface area contributed by atoms with E-state index in [1.807, 2.05) is 13.8 Å². The molecule has 0 unspecified atom stereocenters. The van der Waals surface area contributed by atoms with Gasteiger partial charge in [0.25, 0.3) is 0 Å². The number of hydrazine groups is 1. The summed E-state index contributed by atoms with van der Waals surface area (Å²) >= 11 is 0. The Labute approximate surface area is 91.1 Å². The molecule has 0 aromatic rings. The minimum Gasteiger partial charge on any atom is -0.569 e. The van der Waals surface area contributed by atoms with Gasteiger partial charge < -0.3 is 15.7 Å². The summed E-state index contributed by atoms with van der Waals surface area (Å²) in [4.78, 5) is 0.236. The third kappa shape index (κ3) is 6.11. The molecule has 15 heavy (non-hydrogen) atoms. The van der Waals surface area contributed by atoms with E-state index in [9.17, 15) is 5.21 Å². The lowest BCUT2D eigenvalue weighted by atomic mass is 10.3. The number of rotatable bonds is 7. The number of nitrogens with one attached hydrogen (secondary N) is 1. The molecule has 0 spiro atoms. The van der Waals surface area contributed by atoms with E-state index >= 15 is 0 Å². The van der Waals surface area contributed by atoms with Crippen molar-refractivity contribution in [2.75, 3.05) is 13.1 Å². The molecule has 0 atom stereocenters. The molecular weight excluding hydrogens is 196 g/mol. The Morgan fingerprint density at radius 1 is 1.40 bits per heavy atom. The summed E-state index contributed by atoms with van der Waals surface area (Å²) in [5, 5.41) is 26.8. The van der Waals surface area contributed by atoms with Crippen LogP contribution in [0.4, 0.5) is 0 Å². The van der Waals surface area contributed by atoms with Crippen molar-refractivity contribution in [3.63, 3.8) is 0 Å². The van der Waals surface area contributed by atoms with Gasteiger partial charge in [-0.05, 0) is 26.8 Å². The van der Waals surface area contributed by atoms with Crippen LogP contribution >= 0.6 is 0 Å². The van der Waals surface area contributed by atoms with Gasteiger partial charge in [-0.1, -0.05) is 13.8 Å². The van der Waals surface area contributed by atoms with Gasteiger partial charge in [-0.2, -0.15) is 0 Å². The average molecular weight is 218 g/mol. The number of hydrogen-bond donors (Lipinski definition) is 2. The van der Waals surface area contributed by atoms with Crippen LogP contribution < -0.4 is 5.32 Å². The van der Waals surface area contributed by atoms with E-state index in [1.54, 1.807) is 0 Å². The van der Waals surface area contributed by atoms with Crippen molar-refractivity contribution in [1.29, 1.82) is 0 Å². The molecule has 0 aromatic heterocycles. The highest BCUT2D eigenvalue weighted by Crippen LogP contribution is 2.00. The van der Waals surface area contributed by atoms with Crippen molar-refractivity contribution in [3.05, 3.63) is 5.21 Å². The molecule has 0 aromatic carbocycles. The van der Waals surface area contributed by atoms with Crippen LogP contribution in [0.2, 0.25) is 0 Å². The van der Waals surface area contributed by atoms with Gasteiger partial charge in [0, 0.05) is 6.04 Å². The van der Waals surface area contributed by atoms with E-state index in [2.05, 4.69) is 24.4 Å². The van der Waals surface area contributed by atoms with Gasteiger partial charge in [-0.25, -0.2) is 0 Å². The minimum atomic E-state index is 0.0254. The maximum absolute atomic E-state index is 11.1. The van der Waals surface area contributed by atoms with Crippen LogP contribution in [-0.4, -0.2) is 40.4 Å². The standard InChI is InChI=1S/C9H22N4O2/c1-8(2)10-6-5-7-12(9(3)4)13(15)11-14/h8-10,14H,5-7H2,1-4H3/b13-11-. The Hall–Kier alpha value is -1.04. The zero-order chi connectivity index (χ0) is 11.8. The predicted molar refractivity (Wildman–Crippen MR) is 57.4 cm³/mol. The lowest BCUT2D eigenvalue weighted by Gasteiger charge is -2.21. The van der Waals surface area contributed by atoms with Crippen LogP contribution in [-0.2, 0) is 0 Å². The van der Waals surface area contributed by atoms with Crippen molar-refractivity contribution < 1.29 is 10.2 Å². The molecule has 0 aliphatic rings. The third-order valence-electron chi connectivity index (χ3n) is 2.01. The quantitative estimate of drug-likeness (QED) is 0.293. The molecular formula is C9H22N4O2. The first-order valence-electron chi connectivity index (χ1n) is 5.31. The highest BCUT2D eigenvalue weighted by Gasteiger charge is 2.16. The van der Waals surface area contributed by atoms with Crippen molar-refractivity contribution >= 4 is 0 Å². The largest absolute Gasteiger partial charge is 0.569 e. The second kappa shape index (κ2) is 7.28. The van der Waals surface area contributed by atoms with Crippen molar-refractivity contribution in [2.45, 2.75) is 46.2 Å². The van der Waals surface area contributed by atoms with Crippen molar-refractivity contribution in [1.82, 2.24) is 10.3 Å². The predicted octanol–water partition coefficient (Wildman–Crippen LogP) is 1.35. The van der Waals surface area contributed by atoms with Gasteiger partial charge in [0.05, 0.1) is 17.6 Å². The molecule has 6 nitrogen and oxygen atoms in total. The van der Waals surface area contributed by atoms with Crippen LogP contribution in [0.25, 0.3) is 0 Å². The molecule has 0 saturated heterocycles. The molecule has 0 aliphatic heterocycles. The average Bonchev–Trinajstić information content (AvgIpc) is 2.15. The summed E-state index contributed by atoms with van der Waals surface area (Å²) in [5.74, 6) is 0. The summed E-state index contributed by atoms with van der Waals surface area (Å²) < 4.78 is 0. The zero-order valence-corrected chi connectivity index (χ0v) is 9.97. The molecule has 0 radical (unpaired) electrons. The van der Waals surface area contributed by atoms with Crippen molar-refractivity contribution in [2.24, 2.45) is 5.28 Å². The first kappa shape index (κ1) is 14.0. The highest BCUT2D eigenvalue weighted by molar-refractivity contribution is 4.56. The first-order valence-corrected chi connectivity index (χ1v) is 5.31. The van der Waals surface area contributed by atoms with Crippen LogP contribution in [0.15, 0.2) is 5.28 Å². The Bertz CT molecular complexity index is 195. The minimum absolute atomic E-state index is 0.0254. The second-order valence-corrected chi connectivity index (χ2v) is 4.06. The summed E-state index contributed by atoms with van der Waals surface area (Å²) in [6.45, 7) is 9.33. The fraction of sp³-hybridized carbons (Fsp3) is 1.00. The van der Waals surface area contributed by atoms with Gasteiger partial charge >= 0.3 is 0 Å². The van der Waals surface area contributed by atoms with Crippen molar-refractivity contribution in [3.8, 4) is 0 Å². The Morgan fingerprint density at radius 3 is 2.40 bits per heavy atom. The van der Waals surface area contributed by atoms with Crippen LogP contribution in [0.5, 0.6) is 0 Å². The van der Waals surface area contributed by atoms with Gasteiger partial charge in [0.2, 0.25) is 5.28 Å². The first-order chi connectivity index (χ1) is 6.99. The molecule has 0 amide bonds. The van der Waals surface area contributed by atoms with E-state index in [4.69, 9.17) is 5.21 Å². The summed E-state index contributed by atoms with van der Waals surface area (Å²) in [6.07, 6.45) is 0.838. The van der Waals surface area contributed by atoms with Crippen LogP contribution in [0.3, 0.4) is 0 Å². The van der Waals surface area contributed by atoms with Crippen LogP contribution in [0.1, 0.15) is 34.1 Å². The summed E-state index contributed by atoms with van der Waals surface area (Å²) in [6, 6.07) is 0.473. The molecule has 0 fully saturated rings. The molecule has 90 valence electrons. The second-order valence-electron chi connectivity index (χ2n) is 4.06. The van der Waals surface area contributed by atoms with E-state index < -0.39 is 0 Å². The molecule has 0 bridgehead atoms. The Balaban J connectivity index is 3.88. The fourth-order valence-electron chi connectivity index (χ4n) is 1.22. The molecule has 0 heterocycles. The lowest BCUT2D eigenvalue weighted by Crippen LogP contribution is -2.39. The Morgan fingerprint density at radius 2 is 2.00 bits per heavy atom. The van der Waals surface area contributed by atoms with Gasteiger partial charge in [-0.15, -0.1) is 5.01 Å².